The molecule has 9 heteroatoms. The van der Waals surface area contributed by atoms with Crippen LogP contribution in [0.25, 0.3) is 28.1 Å². The number of nitriles is 1. The van der Waals surface area contributed by atoms with E-state index in [0.717, 1.165) is 27.7 Å². The van der Waals surface area contributed by atoms with E-state index in [1.54, 1.807) is 0 Å². The normalized spacial score (nSPS) is 22.3. The number of hydrogen-bond donors (Lipinski definition) is 4. The van der Waals surface area contributed by atoms with Crippen LogP contribution >= 0.6 is 0 Å². The third-order valence-corrected chi connectivity index (χ3v) is 6.58. The van der Waals surface area contributed by atoms with Crippen molar-refractivity contribution in [3.8, 4) is 17.3 Å². The van der Waals surface area contributed by atoms with Crippen molar-refractivity contribution in [3.05, 3.63) is 59.8 Å². The molecule has 4 N–H and O–H groups in total. The highest BCUT2D eigenvalue weighted by Crippen LogP contribution is 2.28. The fourth-order valence-electron chi connectivity index (χ4n) is 4.35. The van der Waals surface area contributed by atoms with Crippen molar-refractivity contribution in [1.82, 2.24) is 9.88 Å². The number of nitrogens with one attached hydrogen (secondary N) is 1. The predicted molar refractivity (Wildman–Crippen MR) is 137 cm³/mol. The molecule has 0 radical (unpaired) electrons. The number of aliphatic hydroxyl groups excluding tert-OH is 3. The van der Waals surface area contributed by atoms with E-state index in [0.29, 0.717) is 5.69 Å². The molecule has 2 aromatic carbocycles. The number of anilines is 1. The van der Waals surface area contributed by atoms with E-state index in [4.69, 9.17) is 4.74 Å². The molecule has 1 aliphatic rings. The summed E-state index contributed by atoms with van der Waals surface area (Å²) in [5, 5.41) is 43.9. The van der Waals surface area contributed by atoms with Crippen molar-refractivity contribution < 1.29 is 24.9 Å². The zero-order valence-electron chi connectivity index (χ0n) is 20.4. The van der Waals surface area contributed by atoms with Gasteiger partial charge in [-0.1, -0.05) is 18.2 Å². The summed E-state index contributed by atoms with van der Waals surface area (Å²) >= 11 is 0. The van der Waals surface area contributed by atoms with E-state index in [9.17, 15) is 25.4 Å². The Morgan fingerprint density at radius 2 is 1.89 bits per heavy atom. The summed E-state index contributed by atoms with van der Waals surface area (Å²) in [5.74, 6) is -0.690. The maximum atomic E-state index is 12.7. The summed E-state index contributed by atoms with van der Waals surface area (Å²) in [6.07, 6.45) is -2.13. The van der Waals surface area contributed by atoms with Crippen LogP contribution in [0.2, 0.25) is 0 Å². The van der Waals surface area contributed by atoms with Gasteiger partial charge in [0.1, 0.15) is 30.0 Å². The molecule has 2 heterocycles. The molecule has 1 saturated heterocycles. The molecule has 0 aliphatic carbocycles. The molecule has 0 bridgehead atoms. The first-order chi connectivity index (χ1) is 17.2. The Morgan fingerprint density at radius 1 is 1.17 bits per heavy atom. The maximum Gasteiger partial charge on any atom is 0.262 e. The Labute approximate surface area is 209 Å². The van der Waals surface area contributed by atoms with Crippen molar-refractivity contribution in [2.45, 2.75) is 24.4 Å². The van der Waals surface area contributed by atoms with Gasteiger partial charge in [-0.2, -0.15) is 5.26 Å². The van der Waals surface area contributed by atoms with Crippen LogP contribution in [0, 0.1) is 11.3 Å². The Balaban J connectivity index is 1.55. The van der Waals surface area contributed by atoms with Gasteiger partial charge in [-0.3, -0.25) is 4.79 Å². The minimum Gasteiger partial charge on any atom is -0.394 e. The minimum absolute atomic E-state index is 0.0970. The van der Waals surface area contributed by atoms with Gasteiger partial charge >= 0.3 is 0 Å². The molecule has 3 aromatic rings. The van der Waals surface area contributed by atoms with Crippen LogP contribution in [0.15, 0.2) is 54.1 Å². The van der Waals surface area contributed by atoms with Crippen molar-refractivity contribution in [3.63, 3.8) is 0 Å². The van der Waals surface area contributed by atoms with Gasteiger partial charge in [0.05, 0.1) is 19.3 Å². The SMILES string of the molecule is CN(C)c1ccc2cc(-c3ccc(/C=C(\C#N)C(=O)N[C@H]4CO[C@H](CO)[C@@H](O)[C@@H]4O)n3C)ccc2c1. The van der Waals surface area contributed by atoms with Crippen molar-refractivity contribution in [1.29, 1.82) is 5.26 Å². The fourth-order valence-corrected chi connectivity index (χ4v) is 4.35. The maximum absolute atomic E-state index is 12.7. The van der Waals surface area contributed by atoms with Gasteiger partial charge in [0.15, 0.2) is 0 Å². The second-order valence-corrected chi connectivity index (χ2v) is 9.13. The van der Waals surface area contributed by atoms with Crippen molar-refractivity contribution in [2.24, 2.45) is 7.05 Å². The molecule has 1 aromatic heterocycles. The number of rotatable bonds is 6. The first kappa shape index (κ1) is 25.4. The largest absolute Gasteiger partial charge is 0.394 e. The summed E-state index contributed by atoms with van der Waals surface area (Å²) in [4.78, 5) is 14.8. The number of ether oxygens (including phenoxy) is 1. The topological polar surface area (TPSA) is 131 Å². The molecule has 4 atom stereocenters. The van der Waals surface area contributed by atoms with E-state index in [-0.39, 0.29) is 12.2 Å². The zero-order valence-corrected chi connectivity index (χ0v) is 20.4. The second-order valence-electron chi connectivity index (χ2n) is 9.13. The lowest BCUT2D eigenvalue weighted by Gasteiger charge is -2.37. The summed E-state index contributed by atoms with van der Waals surface area (Å²) in [6, 6.07) is 17.2. The molecular formula is C27H30N4O5. The molecule has 36 heavy (non-hydrogen) atoms. The van der Waals surface area contributed by atoms with E-state index in [2.05, 4.69) is 40.5 Å². The number of amides is 1. The number of carbonyl (C=O) groups excluding carboxylic acids is 1. The zero-order chi connectivity index (χ0) is 26.0. The van der Waals surface area contributed by atoms with Crippen LogP contribution in [-0.4, -0.2) is 77.5 Å². The van der Waals surface area contributed by atoms with Gasteiger partial charge in [0.2, 0.25) is 0 Å². The lowest BCUT2D eigenvalue weighted by molar-refractivity contribution is -0.163. The molecule has 0 unspecified atom stereocenters. The Hall–Kier alpha value is -3.68. The van der Waals surface area contributed by atoms with Gasteiger partial charge < -0.3 is 34.8 Å². The number of carbonyl (C=O) groups is 1. The van der Waals surface area contributed by atoms with Crippen LogP contribution in [0.3, 0.4) is 0 Å². The average molecular weight is 491 g/mol. The summed E-state index contributed by atoms with van der Waals surface area (Å²) in [6.45, 7) is -0.549. The summed E-state index contributed by atoms with van der Waals surface area (Å²) in [5.41, 5.74) is 3.55. The van der Waals surface area contributed by atoms with E-state index < -0.39 is 36.9 Å². The van der Waals surface area contributed by atoms with Crippen LogP contribution < -0.4 is 10.2 Å². The third-order valence-electron chi connectivity index (χ3n) is 6.58. The van der Waals surface area contributed by atoms with Gasteiger partial charge in [-0.15, -0.1) is 0 Å². The number of fused-ring (bicyclic) bond motifs is 1. The van der Waals surface area contributed by atoms with Crippen LogP contribution in [0.5, 0.6) is 0 Å². The van der Waals surface area contributed by atoms with Crippen LogP contribution in [0.4, 0.5) is 5.69 Å². The molecular weight excluding hydrogens is 460 g/mol. The fraction of sp³-hybridized carbons (Fsp3) is 0.333. The highest BCUT2D eigenvalue weighted by atomic mass is 16.5. The van der Waals surface area contributed by atoms with Gasteiger partial charge in [-0.05, 0) is 52.7 Å². The standard InChI is InChI=1S/C27H30N4O5/c1-30(2)20-7-6-16-10-18(5-4-17(16)11-20)23-9-8-21(31(23)3)12-19(13-28)27(35)29-22-15-36-24(14-32)26(34)25(22)33/h4-12,22,24-26,32-34H,14-15H2,1-3H3,(H,29,35)/b19-12+/t22-,24+,25+,26+/m0/s1. The highest BCUT2D eigenvalue weighted by molar-refractivity contribution is 6.01. The smallest absolute Gasteiger partial charge is 0.262 e. The van der Waals surface area contributed by atoms with Crippen molar-refractivity contribution >= 4 is 28.4 Å². The molecule has 1 fully saturated rings. The number of nitrogens with zero attached hydrogens (tertiary/aromatic N) is 3. The predicted octanol–water partition coefficient (Wildman–Crippen LogP) is 1.42. The summed E-state index contributed by atoms with van der Waals surface area (Å²) < 4.78 is 7.19. The highest BCUT2D eigenvalue weighted by Gasteiger charge is 2.39. The lowest BCUT2D eigenvalue weighted by atomic mass is 9.98. The minimum atomic E-state index is -1.35. The first-order valence-corrected chi connectivity index (χ1v) is 11.6. The van der Waals surface area contributed by atoms with Gasteiger partial charge in [0.25, 0.3) is 5.91 Å². The number of aliphatic hydroxyl groups is 3. The molecule has 9 nitrogen and oxygen atoms in total. The molecule has 0 spiro atoms. The molecule has 188 valence electrons. The van der Waals surface area contributed by atoms with Crippen LogP contribution in [0.1, 0.15) is 5.69 Å². The van der Waals surface area contributed by atoms with E-state index >= 15 is 0 Å². The average Bonchev–Trinajstić information content (AvgIpc) is 3.24. The number of benzene rings is 2. The second kappa shape index (κ2) is 10.5. The Bertz CT molecular complexity index is 1340. The Morgan fingerprint density at radius 3 is 2.58 bits per heavy atom. The Kier molecular flexibility index (Phi) is 7.43. The third kappa shape index (κ3) is 4.98. The number of hydrogen-bond acceptors (Lipinski definition) is 7. The number of aromatic nitrogens is 1. The van der Waals surface area contributed by atoms with Gasteiger partial charge in [-0.25, -0.2) is 0 Å². The lowest BCUT2D eigenvalue weighted by Crippen LogP contribution is -2.60. The molecule has 1 amide bonds. The quantitative estimate of drug-likeness (QED) is 0.304. The van der Waals surface area contributed by atoms with Gasteiger partial charge in [0, 0.05) is 38.2 Å². The first-order valence-electron chi connectivity index (χ1n) is 11.6. The monoisotopic (exact) mass is 490 g/mol. The van der Waals surface area contributed by atoms with E-state index in [1.165, 1.54) is 6.08 Å². The van der Waals surface area contributed by atoms with E-state index in [1.807, 2.05) is 50.0 Å². The van der Waals surface area contributed by atoms with Crippen LogP contribution in [-0.2, 0) is 16.6 Å². The molecule has 4 rings (SSSR count). The molecule has 1 aliphatic heterocycles. The summed E-state index contributed by atoms with van der Waals surface area (Å²) in [7, 11) is 5.87. The van der Waals surface area contributed by atoms with Crippen molar-refractivity contribution in [2.75, 3.05) is 32.2 Å². The molecule has 0 saturated carbocycles.